The summed E-state index contributed by atoms with van der Waals surface area (Å²) in [4.78, 5) is 22.7. The Labute approximate surface area is 163 Å². The summed E-state index contributed by atoms with van der Waals surface area (Å²) in [5.41, 5.74) is 3.51. The van der Waals surface area contributed by atoms with Crippen LogP contribution in [-0.2, 0) is 9.59 Å². The van der Waals surface area contributed by atoms with Crippen molar-refractivity contribution < 1.29 is 24.9 Å². The topological polar surface area (TPSA) is 121 Å². The van der Waals surface area contributed by atoms with Gasteiger partial charge in [0.15, 0.2) is 5.54 Å². The van der Waals surface area contributed by atoms with Crippen molar-refractivity contribution in [2.75, 3.05) is 6.61 Å². The predicted molar refractivity (Wildman–Crippen MR) is 107 cm³/mol. The number of rotatable bonds is 18. The maximum absolute atomic E-state index is 11.7. The summed E-state index contributed by atoms with van der Waals surface area (Å²) >= 11 is 0. The second kappa shape index (κ2) is 15.8. The van der Waals surface area contributed by atoms with Crippen LogP contribution in [0.5, 0.6) is 0 Å². The lowest BCUT2D eigenvalue weighted by Crippen LogP contribution is -2.60. The third kappa shape index (κ3) is 12.0. The van der Waals surface area contributed by atoms with Gasteiger partial charge >= 0.3 is 5.97 Å². The highest BCUT2D eigenvalue weighted by atomic mass is 16.4. The van der Waals surface area contributed by atoms with Crippen LogP contribution in [0.25, 0.3) is 0 Å². The number of carboxylic acids is 1. The SMILES string of the molecule is CCCCCCC(=O)CCCCCC/C=C/CC[C@H](O)C(N)(CO)C(=O)O. The first-order chi connectivity index (χ1) is 12.9. The fraction of sp³-hybridized carbons (Fsp3) is 0.810. The molecule has 0 saturated heterocycles. The van der Waals surface area contributed by atoms with Crippen molar-refractivity contribution in [3.63, 3.8) is 0 Å². The van der Waals surface area contributed by atoms with Gasteiger partial charge in [-0.1, -0.05) is 51.2 Å². The Balaban J connectivity index is 3.63. The summed E-state index contributed by atoms with van der Waals surface area (Å²) in [6.45, 7) is 1.37. The zero-order valence-electron chi connectivity index (χ0n) is 16.9. The van der Waals surface area contributed by atoms with Crippen LogP contribution in [0.1, 0.15) is 90.4 Å². The fourth-order valence-corrected chi connectivity index (χ4v) is 2.87. The lowest BCUT2D eigenvalue weighted by molar-refractivity contribution is -0.150. The number of hydrogen-bond donors (Lipinski definition) is 4. The van der Waals surface area contributed by atoms with E-state index in [9.17, 15) is 14.7 Å². The van der Waals surface area contributed by atoms with Crippen molar-refractivity contribution in [3.8, 4) is 0 Å². The van der Waals surface area contributed by atoms with Gasteiger partial charge in [-0.15, -0.1) is 0 Å². The first-order valence-electron chi connectivity index (χ1n) is 10.4. The Hall–Kier alpha value is -1.24. The van der Waals surface area contributed by atoms with Crippen LogP contribution in [0.3, 0.4) is 0 Å². The van der Waals surface area contributed by atoms with E-state index in [-0.39, 0.29) is 6.42 Å². The van der Waals surface area contributed by atoms with Crippen molar-refractivity contribution in [3.05, 3.63) is 12.2 Å². The molecule has 0 radical (unpaired) electrons. The number of Topliss-reactive ketones (excluding diaryl/α,β-unsaturated/α-hetero) is 1. The molecule has 0 aliphatic heterocycles. The van der Waals surface area contributed by atoms with Crippen LogP contribution < -0.4 is 5.73 Å². The van der Waals surface area contributed by atoms with Gasteiger partial charge in [-0.3, -0.25) is 9.59 Å². The second-order valence-electron chi connectivity index (χ2n) is 7.37. The second-order valence-corrected chi connectivity index (χ2v) is 7.37. The summed E-state index contributed by atoms with van der Waals surface area (Å²) in [6, 6.07) is 0. The number of carbonyl (C=O) groups is 2. The predicted octanol–water partition coefficient (Wildman–Crippen LogP) is 3.34. The fourth-order valence-electron chi connectivity index (χ4n) is 2.87. The van der Waals surface area contributed by atoms with Crippen molar-refractivity contribution >= 4 is 11.8 Å². The van der Waals surface area contributed by atoms with E-state index >= 15 is 0 Å². The molecule has 0 fully saturated rings. The minimum absolute atomic E-state index is 0.195. The Morgan fingerprint density at radius 1 is 0.963 bits per heavy atom. The van der Waals surface area contributed by atoms with Crippen LogP contribution in [0.2, 0.25) is 0 Å². The van der Waals surface area contributed by atoms with Crippen LogP contribution >= 0.6 is 0 Å². The highest BCUT2D eigenvalue weighted by molar-refractivity contribution is 5.79. The maximum Gasteiger partial charge on any atom is 0.328 e. The maximum atomic E-state index is 11.7. The van der Waals surface area contributed by atoms with Crippen molar-refractivity contribution in [1.82, 2.24) is 0 Å². The molecule has 2 atom stereocenters. The molecule has 6 heteroatoms. The van der Waals surface area contributed by atoms with Gasteiger partial charge in [0.05, 0.1) is 12.7 Å². The molecule has 0 saturated carbocycles. The molecule has 0 heterocycles. The number of ketones is 1. The molecule has 5 N–H and O–H groups in total. The summed E-state index contributed by atoms with van der Waals surface area (Å²) in [5, 5.41) is 27.9. The Kier molecular flexibility index (Phi) is 15.1. The average Bonchev–Trinajstić information content (AvgIpc) is 2.65. The molecule has 0 aliphatic carbocycles. The van der Waals surface area contributed by atoms with Crippen LogP contribution in [0.4, 0.5) is 0 Å². The first kappa shape index (κ1) is 25.8. The van der Waals surface area contributed by atoms with Gasteiger partial charge in [-0.2, -0.15) is 0 Å². The number of allylic oxidation sites excluding steroid dienone is 2. The van der Waals surface area contributed by atoms with E-state index in [4.69, 9.17) is 15.9 Å². The quantitative estimate of drug-likeness (QED) is 0.212. The summed E-state index contributed by atoms with van der Waals surface area (Å²) in [6.07, 6.45) is 14.5. The number of unbranched alkanes of at least 4 members (excludes halogenated alkanes) is 7. The highest BCUT2D eigenvalue weighted by Crippen LogP contribution is 2.14. The zero-order chi connectivity index (χ0) is 20.5. The van der Waals surface area contributed by atoms with Crippen molar-refractivity contribution in [1.29, 1.82) is 0 Å². The van der Waals surface area contributed by atoms with Crippen LogP contribution in [0, 0.1) is 0 Å². The molecule has 0 aromatic heterocycles. The van der Waals surface area contributed by atoms with E-state index in [0.717, 1.165) is 51.4 Å². The first-order valence-corrected chi connectivity index (χ1v) is 10.4. The number of hydrogen-bond acceptors (Lipinski definition) is 5. The molecular weight excluding hydrogens is 346 g/mol. The number of aliphatic hydroxyl groups is 2. The molecule has 1 unspecified atom stereocenters. The molecule has 0 amide bonds. The van der Waals surface area contributed by atoms with Gasteiger partial charge in [0.1, 0.15) is 5.78 Å². The summed E-state index contributed by atoms with van der Waals surface area (Å²) in [5.74, 6) is -1.01. The standard InChI is InChI=1S/C21H39NO5/c1-2-3-4-11-14-18(24)15-12-9-7-5-6-8-10-13-16-19(25)21(22,17-23)20(26)27/h8,10,19,23,25H,2-7,9,11-17,22H2,1H3,(H,26,27)/b10-8+/t19-,21?/m0/s1. The number of carbonyl (C=O) groups excluding carboxylic acids is 1. The summed E-state index contributed by atoms with van der Waals surface area (Å²) < 4.78 is 0. The number of aliphatic hydroxyl groups excluding tert-OH is 2. The molecular formula is C21H39NO5. The van der Waals surface area contributed by atoms with E-state index < -0.39 is 24.2 Å². The molecule has 0 aromatic rings. The van der Waals surface area contributed by atoms with E-state index in [1.54, 1.807) is 0 Å². The molecule has 27 heavy (non-hydrogen) atoms. The molecule has 6 nitrogen and oxygen atoms in total. The molecule has 0 aromatic carbocycles. The molecule has 158 valence electrons. The normalized spacial score (nSPS) is 15.0. The minimum atomic E-state index is -2.00. The lowest BCUT2D eigenvalue weighted by Gasteiger charge is -2.27. The van der Waals surface area contributed by atoms with Crippen molar-refractivity contribution in [2.24, 2.45) is 5.73 Å². The van der Waals surface area contributed by atoms with E-state index in [0.29, 0.717) is 18.6 Å². The van der Waals surface area contributed by atoms with Crippen LogP contribution in [0.15, 0.2) is 12.2 Å². The lowest BCUT2D eigenvalue weighted by atomic mass is 9.91. The zero-order valence-corrected chi connectivity index (χ0v) is 16.9. The van der Waals surface area contributed by atoms with Gasteiger partial charge in [0.2, 0.25) is 0 Å². The highest BCUT2D eigenvalue weighted by Gasteiger charge is 2.40. The van der Waals surface area contributed by atoms with Gasteiger partial charge in [0.25, 0.3) is 0 Å². The Bertz CT molecular complexity index is 438. The number of carboxylic acid groups (broad SMARTS) is 1. The molecule has 0 rings (SSSR count). The number of aliphatic carboxylic acids is 1. The van der Waals surface area contributed by atoms with E-state index in [2.05, 4.69) is 6.92 Å². The largest absolute Gasteiger partial charge is 0.480 e. The molecule has 0 bridgehead atoms. The average molecular weight is 386 g/mol. The van der Waals surface area contributed by atoms with Gasteiger partial charge < -0.3 is 21.1 Å². The van der Waals surface area contributed by atoms with Gasteiger partial charge in [-0.25, -0.2) is 0 Å². The third-order valence-corrected chi connectivity index (χ3v) is 4.91. The van der Waals surface area contributed by atoms with E-state index in [1.807, 2.05) is 12.2 Å². The third-order valence-electron chi connectivity index (χ3n) is 4.91. The van der Waals surface area contributed by atoms with Crippen LogP contribution in [-0.4, -0.2) is 45.3 Å². The van der Waals surface area contributed by atoms with Gasteiger partial charge in [0, 0.05) is 12.8 Å². The number of nitrogens with two attached hydrogens (primary N) is 1. The molecule has 0 aliphatic rings. The Morgan fingerprint density at radius 3 is 2.07 bits per heavy atom. The monoisotopic (exact) mass is 385 g/mol. The van der Waals surface area contributed by atoms with Crippen molar-refractivity contribution in [2.45, 2.75) is 102 Å². The smallest absolute Gasteiger partial charge is 0.328 e. The summed E-state index contributed by atoms with van der Waals surface area (Å²) in [7, 11) is 0. The molecule has 0 spiro atoms. The minimum Gasteiger partial charge on any atom is -0.480 e. The van der Waals surface area contributed by atoms with E-state index in [1.165, 1.54) is 12.8 Å². The Morgan fingerprint density at radius 2 is 1.52 bits per heavy atom. The van der Waals surface area contributed by atoms with Gasteiger partial charge in [-0.05, 0) is 38.5 Å².